The fourth-order valence-electron chi connectivity index (χ4n) is 3.73. The number of hydrogen-bond donors (Lipinski definition) is 1. The third-order valence-electron chi connectivity index (χ3n) is 5.76. The number of rotatable bonds is 12. The predicted molar refractivity (Wildman–Crippen MR) is 149 cm³/mol. The number of amides is 1. The van der Waals surface area contributed by atoms with Crippen molar-refractivity contribution in [1.29, 1.82) is 0 Å². The van der Waals surface area contributed by atoms with Gasteiger partial charge in [-0.1, -0.05) is 29.8 Å². The van der Waals surface area contributed by atoms with Gasteiger partial charge in [0.05, 0.1) is 23.4 Å². The number of carbonyl (C=O) groups excluding carboxylic acids is 1. The smallest absolute Gasteiger partial charge is 0.264 e. The standard InChI is InChI=1S/C28H34N4O4S/c1-5-31(6-2)24-14-10-23(11-15-24)20-29-30-28(33)21-32(25-12-8-22(4)9-13-25)37(34,35)27-18-16-26(17-19-27)36-7-3/h8-20H,5-7,21H2,1-4H3,(H,30,33)/b29-20-. The molecule has 0 aliphatic rings. The molecule has 196 valence electrons. The summed E-state index contributed by atoms with van der Waals surface area (Å²) in [6, 6.07) is 20.9. The Bertz CT molecular complexity index is 1290. The average Bonchev–Trinajstić information content (AvgIpc) is 2.90. The minimum absolute atomic E-state index is 0.0566. The largest absolute Gasteiger partial charge is 0.494 e. The lowest BCUT2D eigenvalue weighted by Crippen LogP contribution is -2.39. The van der Waals surface area contributed by atoms with Crippen LogP contribution in [0.3, 0.4) is 0 Å². The van der Waals surface area contributed by atoms with Crippen LogP contribution in [0.1, 0.15) is 31.9 Å². The highest BCUT2D eigenvalue weighted by atomic mass is 32.2. The molecule has 0 saturated carbocycles. The Morgan fingerprint density at radius 1 is 0.892 bits per heavy atom. The molecular formula is C28H34N4O4S. The Morgan fingerprint density at radius 2 is 1.49 bits per heavy atom. The highest BCUT2D eigenvalue weighted by Gasteiger charge is 2.27. The van der Waals surface area contributed by atoms with Crippen LogP contribution in [0, 0.1) is 6.92 Å². The van der Waals surface area contributed by atoms with Gasteiger partial charge in [-0.2, -0.15) is 5.10 Å². The lowest BCUT2D eigenvalue weighted by molar-refractivity contribution is -0.119. The second kappa shape index (κ2) is 12.9. The summed E-state index contributed by atoms with van der Waals surface area (Å²) in [6.45, 7) is 9.83. The molecule has 0 bridgehead atoms. The predicted octanol–water partition coefficient (Wildman–Crippen LogP) is 4.59. The first kappa shape index (κ1) is 27.7. The van der Waals surface area contributed by atoms with Crippen LogP contribution in [-0.2, 0) is 14.8 Å². The molecule has 1 N–H and O–H groups in total. The first-order valence-electron chi connectivity index (χ1n) is 12.3. The second-order valence-corrected chi connectivity index (χ2v) is 10.2. The van der Waals surface area contributed by atoms with Gasteiger partial charge in [0.1, 0.15) is 12.3 Å². The number of benzene rings is 3. The van der Waals surface area contributed by atoms with E-state index in [1.165, 1.54) is 18.3 Å². The summed E-state index contributed by atoms with van der Waals surface area (Å²) in [4.78, 5) is 15.1. The summed E-state index contributed by atoms with van der Waals surface area (Å²) in [5.74, 6) is 0.00615. The summed E-state index contributed by atoms with van der Waals surface area (Å²) in [5, 5.41) is 4.03. The van der Waals surface area contributed by atoms with Gasteiger partial charge in [0.2, 0.25) is 0 Å². The van der Waals surface area contributed by atoms with E-state index in [4.69, 9.17) is 4.74 Å². The number of nitrogens with zero attached hydrogens (tertiary/aromatic N) is 3. The van der Waals surface area contributed by atoms with Gasteiger partial charge in [-0.25, -0.2) is 13.8 Å². The van der Waals surface area contributed by atoms with Crippen LogP contribution in [0.25, 0.3) is 0 Å². The van der Waals surface area contributed by atoms with Crippen LogP contribution >= 0.6 is 0 Å². The molecule has 0 radical (unpaired) electrons. The van der Waals surface area contributed by atoms with Crippen LogP contribution in [0.15, 0.2) is 82.8 Å². The van der Waals surface area contributed by atoms with Crippen molar-refractivity contribution in [2.45, 2.75) is 32.6 Å². The van der Waals surface area contributed by atoms with Gasteiger partial charge in [-0.05, 0) is 81.8 Å². The zero-order valence-electron chi connectivity index (χ0n) is 21.7. The molecule has 8 nitrogen and oxygen atoms in total. The third kappa shape index (κ3) is 7.33. The number of hydrazone groups is 1. The first-order chi connectivity index (χ1) is 17.8. The molecule has 9 heteroatoms. The third-order valence-corrected chi connectivity index (χ3v) is 7.54. The SMILES string of the molecule is CCOc1ccc(S(=O)(=O)N(CC(=O)N/N=C\c2ccc(N(CC)CC)cc2)c2ccc(C)cc2)cc1. The van der Waals surface area contributed by atoms with E-state index in [-0.39, 0.29) is 4.90 Å². The van der Waals surface area contributed by atoms with E-state index >= 15 is 0 Å². The molecule has 0 atom stereocenters. The number of hydrogen-bond acceptors (Lipinski definition) is 6. The van der Waals surface area contributed by atoms with Gasteiger partial charge in [-0.3, -0.25) is 9.10 Å². The van der Waals surface area contributed by atoms with Gasteiger partial charge < -0.3 is 9.64 Å². The Hall–Kier alpha value is -3.85. The fourth-order valence-corrected chi connectivity index (χ4v) is 5.15. The van der Waals surface area contributed by atoms with E-state index in [0.717, 1.165) is 34.2 Å². The maximum Gasteiger partial charge on any atom is 0.264 e. The van der Waals surface area contributed by atoms with Crippen LogP contribution in [0.4, 0.5) is 11.4 Å². The quantitative estimate of drug-likeness (QED) is 0.278. The van der Waals surface area contributed by atoms with E-state index in [1.54, 1.807) is 36.4 Å². The minimum atomic E-state index is -4.03. The molecular weight excluding hydrogens is 488 g/mol. The summed E-state index contributed by atoms with van der Waals surface area (Å²) in [7, 11) is -4.03. The maximum absolute atomic E-state index is 13.5. The molecule has 3 rings (SSSR count). The lowest BCUT2D eigenvalue weighted by Gasteiger charge is -2.24. The van der Waals surface area contributed by atoms with Crippen molar-refractivity contribution in [3.63, 3.8) is 0 Å². The average molecular weight is 523 g/mol. The fraction of sp³-hybridized carbons (Fsp3) is 0.286. The highest BCUT2D eigenvalue weighted by molar-refractivity contribution is 7.92. The molecule has 0 unspecified atom stereocenters. The van der Waals surface area contributed by atoms with Crippen LogP contribution < -0.4 is 19.4 Å². The first-order valence-corrected chi connectivity index (χ1v) is 13.7. The Balaban J connectivity index is 1.76. The molecule has 3 aromatic carbocycles. The van der Waals surface area contributed by atoms with E-state index in [2.05, 4.69) is 29.3 Å². The second-order valence-electron chi connectivity index (χ2n) is 8.31. The summed E-state index contributed by atoms with van der Waals surface area (Å²) < 4.78 is 33.5. The molecule has 0 aliphatic heterocycles. The number of carbonyl (C=O) groups is 1. The Labute approximate surface area is 219 Å². The molecule has 0 aromatic heterocycles. The van der Waals surface area contributed by atoms with Crippen LogP contribution in [-0.4, -0.2) is 46.8 Å². The number of nitrogens with one attached hydrogen (secondary N) is 1. The molecule has 37 heavy (non-hydrogen) atoms. The Morgan fingerprint density at radius 3 is 2.05 bits per heavy atom. The molecule has 1 amide bonds. The van der Waals surface area contributed by atoms with Crippen molar-refractivity contribution in [2.75, 3.05) is 35.4 Å². The van der Waals surface area contributed by atoms with Crippen LogP contribution in [0.2, 0.25) is 0 Å². The zero-order chi connectivity index (χ0) is 26.8. The van der Waals surface area contributed by atoms with E-state index < -0.39 is 22.5 Å². The van der Waals surface area contributed by atoms with Crippen molar-refractivity contribution in [1.82, 2.24) is 5.43 Å². The number of ether oxygens (including phenoxy) is 1. The zero-order valence-corrected chi connectivity index (χ0v) is 22.5. The summed E-state index contributed by atoms with van der Waals surface area (Å²) in [5.41, 5.74) is 5.73. The van der Waals surface area contributed by atoms with Gasteiger partial charge >= 0.3 is 0 Å². The Kier molecular flexibility index (Phi) is 9.68. The highest BCUT2D eigenvalue weighted by Crippen LogP contribution is 2.25. The lowest BCUT2D eigenvalue weighted by atomic mass is 10.2. The minimum Gasteiger partial charge on any atom is -0.494 e. The summed E-state index contributed by atoms with van der Waals surface area (Å²) >= 11 is 0. The van der Waals surface area contributed by atoms with Crippen LogP contribution in [0.5, 0.6) is 5.75 Å². The van der Waals surface area contributed by atoms with Gasteiger partial charge in [0, 0.05) is 18.8 Å². The summed E-state index contributed by atoms with van der Waals surface area (Å²) in [6.07, 6.45) is 1.53. The molecule has 0 saturated heterocycles. The number of sulfonamides is 1. The van der Waals surface area contributed by atoms with Gasteiger partial charge in [0.15, 0.2) is 0 Å². The molecule has 0 spiro atoms. The number of anilines is 2. The monoisotopic (exact) mass is 522 g/mol. The molecule has 3 aromatic rings. The topological polar surface area (TPSA) is 91.3 Å². The van der Waals surface area contributed by atoms with Gasteiger partial charge in [-0.15, -0.1) is 0 Å². The van der Waals surface area contributed by atoms with Gasteiger partial charge in [0.25, 0.3) is 15.9 Å². The molecule has 0 aliphatic carbocycles. The van der Waals surface area contributed by atoms with Crippen molar-refractivity contribution >= 4 is 33.5 Å². The van der Waals surface area contributed by atoms with Crippen molar-refractivity contribution in [3.05, 3.63) is 83.9 Å². The van der Waals surface area contributed by atoms with Crippen molar-refractivity contribution in [3.8, 4) is 5.75 Å². The van der Waals surface area contributed by atoms with Crippen molar-refractivity contribution < 1.29 is 17.9 Å². The van der Waals surface area contributed by atoms with Crippen molar-refractivity contribution in [2.24, 2.45) is 5.10 Å². The normalized spacial score (nSPS) is 11.4. The molecule has 0 fully saturated rings. The number of aryl methyl sites for hydroxylation is 1. The van der Waals surface area contributed by atoms with E-state index in [1.807, 2.05) is 38.1 Å². The molecule has 0 heterocycles. The van der Waals surface area contributed by atoms with E-state index in [0.29, 0.717) is 18.0 Å². The van der Waals surface area contributed by atoms with E-state index in [9.17, 15) is 13.2 Å². The maximum atomic E-state index is 13.5.